The molecule has 0 atom stereocenters. The molecule has 0 heterocycles. The number of aromatic hydroxyl groups is 1. The third kappa shape index (κ3) is 4.89. The van der Waals surface area contributed by atoms with Crippen LogP contribution in [-0.2, 0) is 0 Å². The highest BCUT2D eigenvalue weighted by Crippen LogP contribution is 2.36. The van der Waals surface area contributed by atoms with Gasteiger partial charge in [0, 0.05) is 0 Å². The van der Waals surface area contributed by atoms with E-state index in [9.17, 15) is 5.11 Å². The highest BCUT2D eigenvalue weighted by atomic mass is 16.3. The molecule has 2 saturated carbocycles. The van der Waals surface area contributed by atoms with Crippen molar-refractivity contribution in [2.75, 3.05) is 0 Å². The molecule has 2 aliphatic carbocycles. The average Bonchev–Trinajstić information content (AvgIpc) is 2.51. The van der Waals surface area contributed by atoms with E-state index in [1.54, 1.807) is 6.07 Å². The van der Waals surface area contributed by atoms with Gasteiger partial charge in [0.15, 0.2) is 0 Å². The highest BCUT2D eigenvalue weighted by Gasteiger charge is 2.17. The number of rotatable bonds is 1. The first-order valence-electron chi connectivity index (χ1n) is 8.16. The van der Waals surface area contributed by atoms with Crippen molar-refractivity contribution in [3.8, 4) is 5.75 Å². The van der Waals surface area contributed by atoms with E-state index < -0.39 is 0 Å². The van der Waals surface area contributed by atoms with Crippen LogP contribution >= 0.6 is 0 Å². The van der Waals surface area contributed by atoms with Gasteiger partial charge in [0.25, 0.3) is 0 Å². The van der Waals surface area contributed by atoms with E-state index in [1.165, 1.54) is 70.6 Å². The number of hydrogen-bond donors (Lipinski definition) is 1. The van der Waals surface area contributed by atoms with Crippen molar-refractivity contribution in [3.05, 3.63) is 29.8 Å². The molecule has 2 fully saturated rings. The van der Waals surface area contributed by atoms with Crippen LogP contribution in [0.2, 0.25) is 0 Å². The molecule has 106 valence electrons. The van der Waals surface area contributed by atoms with Crippen LogP contribution in [0.15, 0.2) is 24.3 Å². The lowest BCUT2D eigenvalue weighted by Crippen LogP contribution is -2.04. The van der Waals surface area contributed by atoms with E-state index in [2.05, 4.69) is 6.07 Å². The molecule has 1 aromatic carbocycles. The smallest absolute Gasteiger partial charge is 0.119 e. The minimum atomic E-state index is 0.481. The zero-order chi connectivity index (χ0) is 13.3. The Morgan fingerprint density at radius 2 is 1.16 bits per heavy atom. The molecule has 0 bridgehead atoms. The quantitative estimate of drug-likeness (QED) is 0.678. The lowest BCUT2D eigenvalue weighted by molar-refractivity contribution is 0.414. The van der Waals surface area contributed by atoms with E-state index in [0.717, 1.165) is 5.56 Å². The first kappa shape index (κ1) is 14.4. The molecule has 0 saturated heterocycles. The molecular formula is C18H28O. The van der Waals surface area contributed by atoms with Gasteiger partial charge in [-0.05, 0) is 30.4 Å². The van der Waals surface area contributed by atoms with Gasteiger partial charge in [-0.2, -0.15) is 0 Å². The molecular weight excluding hydrogens is 232 g/mol. The summed E-state index contributed by atoms with van der Waals surface area (Å²) in [5.74, 6) is 1.09. The van der Waals surface area contributed by atoms with Crippen molar-refractivity contribution in [3.63, 3.8) is 0 Å². The Morgan fingerprint density at radius 1 is 0.684 bits per heavy atom. The molecule has 1 aromatic rings. The molecule has 0 spiro atoms. The molecule has 19 heavy (non-hydrogen) atoms. The predicted octanol–water partition coefficient (Wildman–Crippen LogP) is 5.78. The van der Waals surface area contributed by atoms with Gasteiger partial charge in [-0.25, -0.2) is 0 Å². The van der Waals surface area contributed by atoms with Crippen molar-refractivity contribution < 1.29 is 5.11 Å². The minimum absolute atomic E-state index is 0.481. The Labute approximate surface area is 118 Å². The summed E-state index contributed by atoms with van der Waals surface area (Å²) in [5.41, 5.74) is 1.15. The van der Waals surface area contributed by atoms with Gasteiger partial charge in [-0.1, -0.05) is 76.0 Å². The summed E-state index contributed by atoms with van der Waals surface area (Å²) in [7, 11) is 0. The number of hydrogen-bond acceptors (Lipinski definition) is 1. The summed E-state index contributed by atoms with van der Waals surface area (Å²) in [4.78, 5) is 0. The second-order valence-corrected chi connectivity index (χ2v) is 6.02. The Kier molecular flexibility index (Phi) is 6.26. The third-order valence-electron chi connectivity index (χ3n) is 4.48. The van der Waals surface area contributed by atoms with E-state index in [4.69, 9.17) is 0 Å². The molecule has 1 N–H and O–H groups in total. The lowest BCUT2D eigenvalue weighted by Gasteiger charge is -2.22. The van der Waals surface area contributed by atoms with Crippen molar-refractivity contribution in [2.45, 2.75) is 76.5 Å². The molecule has 0 aromatic heterocycles. The molecule has 1 heteroatoms. The van der Waals surface area contributed by atoms with Crippen LogP contribution in [0.25, 0.3) is 0 Å². The van der Waals surface area contributed by atoms with E-state index in [0.29, 0.717) is 11.7 Å². The van der Waals surface area contributed by atoms with Crippen LogP contribution in [0.4, 0.5) is 0 Å². The largest absolute Gasteiger partial charge is 0.508 e. The summed E-state index contributed by atoms with van der Waals surface area (Å²) < 4.78 is 0. The zero-order valence-corrected chi connectivity index (χ0v) is 12.1. The Balaban J connectivity index is 0.000000186. The maximum Gasteiger partial charge on any atom is 0.119 e. The number of benzene rings is 1. The fourth-order valence-corrected chi connectivity index (χ4v) is 3.31. The van der Waals surface area contributed by atoms with Crippen molar-refractivity contribution in [2.24, 2.45) is 0 Å². The summed E-state index contributed by atoms with van der Waals surface area (Å²) in [5, 5.41) is 9.66. The highest BCUT2D eigenvalue weighted by molar-refractivity contribution is 5.34. The van der Waals surface area contributed by atoms with E-state index >= 15 is 0 Å². The topological polar surface area (TPSA) is 20.2 Å². The first-order chi connectivity index (χ1) is 9.38. The normalized spacial score (nSPS) is 20.4. The Hall–Kier alpha value is -0.980. The fraction of sp³-hybridized carbons (Fsp3) is 0.667. The SMILES string of the molecule is C1CCCCC1.Oc1ccccc1C1CCCCC1. The first-order valence-corrected chi connectivity index (χ1v) is 8.16. The average molecular weight is 260 g/mol. The molecule has 1 nitrogen and oxygen atoms in total. The standard InChI is InChI=1S/C12H16O.C6H12/c13-12-9-5-4-8-11(12)10-6-2-1-3-7-10;1-2-4-6-5-3-1/h4-5,8-10,13H,1-3,6-7H2;1-6H2. The summed E-state index contributed by atoms with van der Waals surface area (Å²) in [6.07, 6.45) is 15.5. The maximum absolute atomic E-state index is 9.66. The second-order valence-electron chi connectivity index (χ2n) is 6.02. The summed E-state index contributed by atoms with van der Waals surface area (Å²) in [6, 6.07) is 7.76. The van der Waals surface area contributed by atoms with Crippen LogP contribution in [0.1, 0.15) is 82.1 Å². The van der Waals surface area contributed by atoms with Gasteiger partial charge in [0.2, 0.25) is 0 Å². The Morgan fingerprint density at radius 3 is 1.68 bits per heavy atom. The van der Waals surface area contributed by atoms with Gasteiger partial charge in [-0.15, -0.1) is 0 Å². The van der Waals surface area contributed by atoms with E-state index in [-0.39, 0.29) is 0 Å². The molecule has 0 unspecified atom stereocenters. The van der Waals surface area contributed by atoms with Gasteiger partial charge >= 0.3 is 0 Å². The van der Waals surface area contributed by atoms with Crippen molar-refractivity contribution in [1.82, 2.24) is 0 Å². The molecule has 0 amide bonds. The Bertz CT molecular complexity index is 337. The molecule has 0 aliphatic heterocycles. The van der Waals surface area contributed by atoms with Crippen molar-refractivity contribution >= 4 is 0 Å². The number of para-hydroxylation sites is 1. The minimum Gasteiger partial charge on any atom is -0.508 e. The van der Waals surface area contributed by atoms with Gasteiger partial charge in [0.1, 0.15) is 5.75 Å². The van der Waals surface area contributed by atoms with Gasteiger partial charge < -0.3 is 5.11 Å². The van der Waals surface area contributed by atoms with E-state index in [1.807, 2.05) is 12.1 Å². The van der Waals surface area contributed by atoms with Gasteiger partial charge in [-0.3, -0.25) is 0 Å². The van der Waals surface area contributed by atoms with Crippen LogP contribution in [0, 0.1) is 0 Å². The molecule has 0 radical (unpaired) electrons. The third-order valence-corrected chi connectivity index (χ3v) is 4.48. The monoisotopic (exact) mass is 260 g/mol. The van der Waals surface area contributed by atoms with Crippen LogP contribution in [0.5, 0.6) is 5.75 Å². The molecule has 3 rings (SSSR count). The van der Waals surface area contributed by atoms with Crippen molar-refractivity contribution in [1.29, 1.82) is 0 Å². The second kappa shape index (κ2) is 8.24. The molecule has 2 aliphatic rings. The predicted molar refractivity (Wildman–Crippen MR) is 81.6 cm³/mol. The maximum atomic E-state index is 9.66. The van der Waals surface area contributed by atoms with Crippen LogP contribution < -0.4 is 0 Å². The summed E-state index contributed by atoms with van der Waals surface area (Å²) in [6.45, 7) is 0. The van der Waals surface area contributed by atoms with Crippen LogP contribution in [-0.4, -0.2) is 5.11 Å². The lowest BCUT2D eigenvalue weighted by atomic mass is 9.84. The van der Waals surface area contributed by atoms with Gasteiger partial charge in [0.05, 0.1) is 0 Å². The number of phenolic OH excluding ortho intramolecular Hbond substituents is 1. The zero-order valence-electron chi connectivity index (χ0n) is 12.1. The van der Waals surface area contributed by atoms with Crippen LogP contribution in [0.3, 0.4) is 0 Å². The summed E-state index contributed by atoms with van der Waals surface area (Å²) >= 11 is 0. The fourth-order valence-electron chi connectivity index (χ4n) is 3.31. The number of phenols is 1.